The highest BCUT2D eigenvalue weighted by Crippen LogP contribution is 2.34. The Balaban J connectivity index is 2.69. The van der Waals surface area contributed by atoms with Crippen molar-refractivity contribution in [3.63, 3.8) is 0 Å². The van der Waals surface area contributed by atoms with E-state index in [1.165, 1.54) is 0 Å². The first kappa shape index (κ1) is 12.7. The first-order chi connectivity index (χ1) is 8.09. The van der Waals surface area contributed by atoms with Crippen molar-refractivity contribution in [1.29, 1.82) is 0 Å². The first-order valence-corrected chi connectivity index (χ1v) is 6.75. The molecule has 0 amide bonds. The maximum Gasteiger partial charge on any atom is 0.116 e. The highest BCUT2D eigenvalue weighted by atomic mass is 127. The van der Waals surface area contributed by atoms with Gasteiger partial charge in [-0.15, -0.1) is 0 Å². The molecule has 0 bridgehead atoms. The standard InChI is InChI=1S/C11H10BrIN4/c1-17(2)6-16-11-9(13)3-8(12)7-4-14-5-15-10(7)11/h3-6H,1-2H3. The monoisotopic (exact) mass is 404 g/mol. The lowest BCUT2D eigenvalue weighted by Crippen LogP contribution is -2.07. The Bertz CT molecular complexity index is 583. The molecule has 6 heteroatoms. The average Bonchev–Trinajstić information content (AvgIpc) is 2.28. The molecule has 0 aliphatic carbocycles. The molecule has 0 N–H and O–H groups in total. The van der Waals surface area contributed by atoms with Crippen molar-refractivity contribution < 1.29 is 0 Å². The second-order valence-corrected chi connectivity index (χ2v) is 5.70. The molecular weight excluding hydrogens is 395 g/mol. The van der Waals surface area contributed by atoms with Crippen LogP contribution in [-0.2, 0) is 0 Å². The van der Waals surface area contributed by atoms with E-state index in [1.54, 1.807) is 18.9 Å². The SMILES string of the molecule is CN(C)C=Nc1c(I)cc(Br)c2cncnc12. The fraction of sp³-hybridized carbons (Fsp3) is 0.182. The summed E-state index contributed by atoms with van der Waals surface area (Å²) in [6, 6.07) is 2.02. The number of aliphatic imine (C=N–C) groups is 1. The lowest BCUT2D eigenvalue weighted by Gasteiger charge is -2.07. The van der Waals surface area contributed by atoms with Crippen LogP contribution in [0.5, 0.6) is 0 Å². The fourth-order valence-electron chi connectivity index (χ4n) is 1.36. The summed E-state index contributed by atoms with van der Waals surface area (Å²) in [5.74, 6) is 0. The third kappa shape index (κ3) is 2.74. The fourth-order valence-corrected chi connectivity index (χ4v) is 3.01. The Morgan fingerprint density at radius 2 is 2.24 bits per heavy atom. The molecule has 1 aromatic carbocycles. The number of hydrogen-bond acceptors (Lipinski definition) is 3. The van der Waals surface area contributed by atoms with E-state index < -0.39 is 0 Å². The molecule has 0 saturated carbocycles. The first-order valence-electron chi connectivity index (χ1n) is 4.88. The molecule has 0 unspecified atom stereocenters. The molecule has 1 aromatic heterocycles. The zero-order chi connectivity index (χ0) is 12.4. The van der Waals surface area contributed by atoms with Gasteiger partial charge in [-0.25, -0.2) is 15.0 Å². The highest BCUT2D eigenvalue weighted by molar-refractivity contribution is 14.1. The largest absolute Gasteiger partial charge is 0.369 e. The third-order valence-corrected chi connectivity index (χ3v) is 3.57. The summed E-state index contributed by atoms with van der Waals surface area (Å²) in [5.41, 5.74) is 1.73. The summed E-state index contributed by atoms with van der Waals surface area (Å²) in [6.07, 6.45) is 5.10. The van der Waals surface area contributed by atoms with Crippen molar-refractivity contribution in [3.8, 4) is 0 Å². The Hall–Kier alpha value is -0.760. The molecule has 0 fully saturated rings. The molecule has 0 atom stereocenters. The minimum atomic E-state index is 0.858. The molecule has 2 rings (SSSR count). The molecule has 17 heavy (non-hydrogen) atoms. The van der Waals surface area contributed by atoms with E-state index in [4.69, 9.17) is 0 Å². The zero-order valence-electron chi connectivity index (χ0n) is 9.35. The minimum Gasteiger partial charge on any atom is -0.369 e. The van der Waals surface area contributed by atoms with Crippen molar-refractivity contribution in [2.75, 3.05) is 14.1 Å². The maximum absolute atomic E-state index is 4.46. The Labute approximate surface area is 121 Å². The highest BCUT2D eigenvalue weighted by Gasteiger charge is 2.09. The van der Waals surface area contributed by atoms with Gasteiger partial charge in [-0.05, 0) is 44.6 Å². The second kappa shape index (κ2) is 5.26. The summed E-state index contributed by atoms with van der Waals surface area (Å²) in [7, 11) is 3.87. The van der Waals surface area contributed by atoms with Crippen LogP contribution < -0.4 is 0 Å². The van der Waals surface area contributed by atoms with Gasteiger partial charge >= 0.3 is 0 Å². The van der Waals surface area contributed by atoms with Gasteiger partial charge in [-0.2, -0.15) is 0 Å². The predicted molar refractivity (Wildman–Crippen MR) is 81.8 cm³/mol. The van der Waals surface area contributed by atoms with Crippen LogP contribution in [0.4, 0.5) is 5.69 Å². The number of rotatable bonds is 2. The Morgan fingerprint density at radius 3 is 2.94 bits per heavy atom. The molecule has 1 heterocycles. The topological polar surface area (TPSA) is 41.4 Å². The number of nitrogens with zero attached hydrogens (tertiary/aromatic N) is 4. The van der Waals surface area contributed by atoms with Crippen molar-refractivity contribution in [2.24, 2.45) is 4.99 Å². The van der Waals surface area contributed by atoms with Gasteiger partial charge in [-0.1, -0.05) is 0 Å². The molecule has 4 nitrogen and oxygen atoms in total. The van der Waals surface area contributed by atoms with Crippen LogP contribution in [0.1, 0.15) is 0 Å². The lowest BCUT2D eigenvalue weighted by atomic mass is 10.2. The van der Waals surface area contributed by atoms with Gasteiger partial charge in [0, 0.05) is 33.7 Å². The van der Waals surface area contributed by atoms with Crippen molar-refractivity contribution in [2.45, 2.75) is 0 Å². The molecule has 0 saturated heterocycles. The average molecular weight is 405 g/mol. The van der Waals surface area contributed by atoms with E-state index in [-0.39, 0.29) is 0 Å². The van der Waals surface area contributed by atoms with E-state index in [2.05, 4.69) is 53.5 Å². The van der Waals surface area contributed by atoms with E-state index in [0.717, 1.165) is 24.6 Å². The van der Waals surface area contributed by atoms with E-state index >= 15 is 0 Å². The van der Waals surface area contributed by atoms with E-state index in [9.17, 15) is 0 Å². The van der Waals surface area contributed by atoms with Crippen LogP contribution >= 0.6 is 38.5 Å². The van der Waals surface area contributed by atoms with Crippen LogP contribution in [0.3, 0.4) is 0 Å². The zero-order valence-corrected chi connectivity index (χ0v) is 13.1. The summed E-state index contributed by atoms with van der Waals surface area (Å²) < 4.78 is 2.04. The van der Waals surface area contributed by atoms with Crippen LogP contribution in [-0.4, -0.2) is 35.3 Å². The van der Waals surface area contributed by atoms with Gasteiger partial charge in [0.2, 0.25) is 0 Å². The number of halogens is 2. The summed E-state index contributed by atoms with van der Waals surface area (Å²) in [4.78, 5) is 14.7. The quantitative estimate of drug-likeness (QED) is 0.438. The molecule has 0 spiro atoms. The predicted octanol–water partition coefficient (Wildman–Crippen LogP) is 3.22. The van der Waals surface area contributed by atoms with Gasteiger partial charge in [0.25, 0.3) is 0 Å². The van der Waals surface area contributed by atoms with Gasteiger partial charge < -0.3 is 4.90 Å². The Morgan fingerprint density at radius 1 is 1.47 bits per heavy atom. The molecular formula is C11H10BrIN4. The summed E-state index contributed by atoms with van der Waals surface area (Å²) in [5, 5.41) is 0.971. The minimum absolute atomic E-state index is 0.858. The van der Waals surface area contributed by atoms with Crippen LogP contribution in [0.2, 0.25) is 0 Å². The third-order valence-electron chi connectivity index (χ3n) is 2.09. The summed E-state index contributed by atoms with van der Waals surface area (Å²) in [6.45, 7) is 0. The molecule has 2 aromatic rings. The molecule has 88 valence electrons. The molecule has 0 aliphatic heterocycles. The van der Waals surface area contributed by atoms with Crippen LogP contribution in [0.15, 0.2) is 28.1 Å². The van der Waals surface area contributed by atoms with Crippen LogP contribution in [0, 0.1) is 3.57 Å². The van der Waals surface area contributed by atoms with Gasteiger partial charge in [0.15, 0.2) is 0 Å². The number of hydrogen-bond donors (Lipinski definition) is 0. The number of aromatic nitrogens is 2. The normalized spacial score (nSPS) is 11.3. The van der Waals surface area contributed by atoms with Crippen molar-refractivity contribution in [3.05, 3.63) is 26.6 Å². The van der Waals surface area contributed by atoms with Gasteiger partial charge in [0.1, 0.15) is 17.5 Å². The molecule has 0 radical (unpaired) electrons. The van der Waals surface area contributed by atoms with Crippen molar-refractivity contribution in [1.82, 2.24) is 14.9 Å². The number of benzene rings is 1. The smallest absolute Gasteiger partial charge is 0.116 e. The van der Waals surface area contributed by atoms with E-state index in [1.807, 2.05) is 25.1 Å². The van der Waals surface area contributed by atoms with Crippen molar-refractivity contribution >= 4 is 61.4 Å². The van der Waals surface area contributed by atoms with E-state index in [0.29, 0.717) is 0 Å². The summed E-state index contributed by atoms with van der Waals surface area (Å²) >= 11 is 5.77. The van der Waals surface area contributed by atoms with Gasteiger partial charge in [0.05, 0.1) is 6.34 Å². The van der Waals surface area contributed by atoms with Gasteiger partial charge in [-0.3, -0.25) is 0 Å². The Kier molecular flexibility index (Phi) is 3.93. The molecule has 0 aliphatic rings. The lowest BCUT2D eigenvalue weighted by molar-refractivity contribution is 0.643. The maximum atomic E-state index is 4.46. The number of fused-ring (bicyclic) bond motifs is 1. The second-order valence-electron chi connectivity index (χ2n) is 3.68. The van der Waals surface area contributed by atoms with Crippen LogP contribution in [0.25, 0.3) is 10.9 Å².